The number of allylic oxidation sites excluding steroid dienone is 1. The molecule has 0 saturated heterocycles. The smallest absolute Gasteiger partial charge is 0.0181 e. The Bertz CT molecular complexity index is 311. The van der Waals surface area contributed by atoms with Gasteiger partial charge in [-0.3, -0.25) is 0 Å². The average Bonchev–Trinajstić information content (AvgIpc) is 2.05. The number of benzene rings is 1. The van der Waals surface area contributed by atoms with Crippen molar-refractivity contribution in [3.05, 3.63) is 46.5 Å². The molecule has 0 aromatic heterocycles. The van der Waals surface area contributed by atoms with Crippen LogP contribution >= 0.6 is 15.9 Å². The van der Waals surface area contributed by atoms with E-state index in [0.717, 1.165) is 10.0 Å². The van der Waals surface area contributed by atoms with Crippen molar-refractivity contribution < 1.29 is 0 Å². The number of hydrogen-bond donors (Lipinski definition) is 0. The molecule has 0 radical (unpaired) electrons. The van der Waals surface area contributed by atoms with Gasteiger partial charge in [0.25, 0.3) is 0 Å². The van der Waals surface area contributed by atoms with Gasteiger partial charge in [-0.2, -0.15) is 0 Å². The van der Waals surface area contributed by atoms with Crippen molar-refractivity contribution in [3.63, 3.8) is 0 Å². The molecule has 62 valence electrons. The van der Waals surface area contributed by atoms with Crippen LogP contribution in [-0.2, 0) is 0 Å². The van der Waals surface area contributed by atoms with Crippen LogP contribution in [-0.4, -0.2) is 0 Å². The second-order valence-corrected chi connectivity index (χ2v) is 3.39. The maximum Gasteiger partial charge on any atom is 0.0181 e. The molecule has 0 aliphatic heterocycles. The van der Waals surface area contributed by atoms with Crippen LogP contribution in [0.4, 0.5) is 0 Å². The highest BCUT2D eigenvalue weighted by Crippen LogP contribution is 2.18. The highest BCUT2D eigenvalue weighted by molar-refractivity contribution is 9.10. The van der Waals surface area contributed by atoms with Gasteiger partial charge in [-0.25, -0.2) is 0 Å². The third-order valence-electron chi connectivity index (χ3n) is 1.61. The minimum atomic E-state index is 1.10. The second-order valence-electron chi connectivity index (χ2n) is 2.48. The molecule has 0 spiro atoms. The van der Waals surface area contributed by atoms with Gasteiger partial charge in [0.05, 0.1) is 0 Å². The van der Waals surface area contributed by atoms with E-state index in [1.54, 1.807) is 0 Å². The summed E-state index contributed by atoms with van der Waals surface area (Å²) in [7, 11) is 0. The summed E-state index contributed by atoms with van der Waals surface area (Å²) in [5, 5.41) is 0. The molecule has 0 saturated carbocycles. The molecular weight excluding hydrogens is 212 g/mol. The molecule has 0 aliphatic rings. The Hall–Kier alpha value is -0.820. The molecule has 0 bridgehead atoms. The lowest BCUT2D eigenvalue weighted by molar-refractivity contribution is 1.57. The van der Waals surface area contributed by atoms with Gasteiger partial charge in [0.2, 0.25) is 0 Å². The summed E-state index contributed by atoms with van der Waals surface area (Å²) < 4.78 is 1.10. The number of hydrogen-bond acceptors (Lipinski definition) is 0. The van der Waals surface area contributed by atoms with E-state index in [0.29, 0.717) is 0 Å². The molecule has 1 aromatic carbocycles. The maximum absolute atomic E-state index is 3.75. The van der Waals surface area contributed by atoms with Gasteiger partial charge in [-0.15, -0.1) is 0 Å². The van der Waals surface area contributed by atoms with E-state index >= 15 is 0 Å². The van der Waals surface area contributed by atoms with Crippen LogP contribution in [0, 0.1) is 0 Å². The van der Waals surface area contributed by atoms with Crippen molar-refractivity contribution in [2.75, 3.05) is 0 Å². The van der Waals surface area contributed by atoms with Crippen molar-refractivity contribution in [3.8, 4) is 0 Å². The van der Waals surface area contributed by atoms with Crippen LogP contribution in [0.2, 0.25) is 0 Å². The first kappa shape index (κ1) is 9.27. The summed E-state index contributed by atoms with van der Waals surface area (Å²) in [6.45, 7) is 5.76. The van der Waals surface area contributed by atoms with Gasteiger partial charge >= 0.3 is 0 Å². The summed E-state index contributed by atoms with van der Waals surface area (Å²) in [4.78, 5) is 0. The van der Waals surface area contributed by atoms with Crippen molar-refractivity contribution in [2.45, 2.75) is 6.92 Å². The summed E-state index contributed by atoms with van der Waals surface area (Å²) in [6, 6.07) is 6.15. The Kier molecular flexibility index (Phi) is 3.30. The highest BCUT2D eigenvalue weighted by atomic mass is 79.9. The van der Waals surface area contributed by atoms with E-state index in [1.165, 1.54) is 5.56 Å². The Morgan fingerprint density at radius 2 is 2.08 bits per heavy atom. The summed E-state index contributed by atoms with van der Waals surface area (Å²) >= 11 is 3.43. The molecule has 12 heavy (non-hydrogen) atoms. The Labute approximate surface area is 81.7 Å². The van der Waals surface area contributed by atoms with Crippen LogP contribution < -0.4 is 0 Å². The maximum atomic E-state index is 3.75. The van der Waals surface area contributed by atoms with Crippen molar-refractivity contribution in [1.29, 1.82) is 0 Å². The van der Waals surface area contributed by atoms with Crippen molar-refractivity contribution in [2.24, 2.45) is 0 Å². The zero-order chi connectivity index (χ0) is 8.97. The Balaban J connectivity index is 3.20. The standard InChI is InChI=1S/C11H11Br/c1-3-5-10-8-11(12)7-6-9(10)4-2/h3-8H,2H2,1H3/b5-3-. The van der Waals surface area contributed by atoms with Crippen molar-refractivity contribution >= 4 is 28.1 Å². The van der Waals surface area contributed by atoms with E-state index in [2.05, 4.69) is 34.7 Å². The molecule has 0 aliphatic carbocycles. The fourth-order valence-corrected chi connectivity index (χ4v) is 1.43. The van der Waals surface area contributed by atoms with Gasteiger partial charge in [0.15, 0.2) is 0 Å². The van der Waals surface area contributed by atoms with E-state index in [4.69, 9.17) is 0 Å². The molecule has 0 atom stereocenters. The zero-order valence-electron chi connectivity index (χ0n) is 7.05. The van der Waals surface area contributed by atoms with Crippen LogP contribution in [0.1, 0.15) is 18.1 Å². The lowest BCUT2D eigenvalue weighted by atomic mass is 10.1. The van der Waals surface area contributed by atoms with Crippen molar-refractivity contribution in [1.82, 2.24) is 0 Å². The molecule has 0 nitrogen and oxygen atoms in total. The quantitative estimate of drug-likeness (QED) is 0.707. The second kappa shape index (κ2) is 4.27. The van der Waals surface area contributed by atoms with Gasteiger partial charge in [-0.1, -0.05) is 46.8 Å². The minimum Gasteiger partial charge on any atom is -0.0984 e. The fourth-order valence-electron chi connectivity index (χ4n) is 1.06. The topological polar surface area (TPSA) is 0 Å². The van der Waals surface area contributed by atoms with Gasteiger partial charge in [0, 0.05) is 4.47 Å². The van der Waals surface area contributed by atoms with Crippen LogP contribution in [0.3, 0.4) is 0 Å². The first-order chi connectivity index (χ1) is 5.77. The summed E-state index contributed by atoms with van der Waals surface area (Å²) in [6.07, 6.45) is 5.96. The first-order valence-electron chi connectivity index (χ1n) is 3.82. The van der Waals surface area contributed by atoms with Crippen LogP contribution in [0.25, 0.3) is 12.2 Å². The number of halogens is 1. The normalized spacial score (nSPS) is 10.5. The van der Waals surface area contributed by atoms with Gasteiger partial charge in [0.1, 0.15) is 0 Å². The highest BCUT2D eigenvalue weighted by Gasteiger charge is 1.95. The average molecular weight is 223 g/mol. The summed E-state index contributed by atoms with van der Waals surface area (Å²) in [5.74, 6) is 0. The monoisotopic (exact) mass is 222 g/mol. The van der Waals surface area contributed by atoms with E-state index < -0.39 is 0 Å². The lowest BCUT2D eigenvalue weighted by Crippen LogP contribution is -1.79. The Morgan fingerprint density at radius 3 is 2.67 bits per heavy atom. The molecule has 0 heterocycles. The predicted octanol–water partition coefficient (Wildman–Crippen LogP) is 4.13. The zero-order valence-corrected chi connectivity index (χ0v) is 8.64. The minimum absolute atomic E-state index is 1.10. The molecule has 0 amide bonds. The lowest BCUT2D eigenvalue weighted by Gasteiger charge is -2.00. The molecule has 1 rings (SSSR count). The SMILES string of the molecule is C=Cc1ccc(Br)cc1/C=C\C. The number of rotatable bonds is 2. The van der Waals surface area contributed by atoms with Gasteiger partial charge < -0.3 is 0 Å². The van der Waals surface area contributed by atoms with Gasteiger partial charge in [-0.05, 0) is 30.2 Å². The van der Waals surface area contributed by atoms with E-state index in [-0.39, 0.29) is 0 Å². The third-order valence-corrected chi connectivity index (χ3v) is 2.11. The molecular formula is C11H11Br. The fraction of sp³-hybridized carbons (Fsp3) is 0.0909. The van der Waals surface area contributed by atoms with E-state index in [9.17, 15) is 0 Å². The molecule has 0 fully saturated rings. The molecule has 1 heteroatoms. The first-order valence-corrected chi connectivity index (χ1v) is 4.62. The predicted molar refractivity (Wildman–Crippen MR) is 58.9 cm³/mol. The summed E-state index contributed by atoms with van der Waals surface area (Å²) in [5.41, 5.74) is 2.36. The molecule has 0 unspecified atom stereocenters. The van der Waals surface area contributed by atoms with E-state index in [1.807, 2.05) is 31.2 Å². The third kappa shape index (κ3) is 2.08. The van der Waals surface area contributed by atoms with Crippen LogP contribution in [0.15, 0.2) is 35.3 Å². The molecule has 1 aromatic rings. The largest absolute Gasteiger partial charge is 0.0984 e. The van der Waals surface area contributed by atoms with Crippen LogP contribution in [0.5, 0.6) is 0 Å². The molecule has 0 N–H and O–H groups in total. The Morgan fingerprint density at radius 1 is 1.33 bits per heavy atom.